The summed E-state index contributed by atoms with van der Waals surface area (Å²) in [5.41, 5.74) is -1.75. The summed E-state index contributed by atoms with van der Waals surface area (Å²) < 4.78 is 26.0. The molecule has 1 saturated carbocycles. The predicted molar refractivity (Wildman–Crippen MR) is 69.5 cm³/mol. The molecule has 1 aromatic carbocycles. The van der Waals surface area contributed by atoms with Crippen LogP contribution in [0.5, 0.6) is 0 Å². The Bertz CT molecular complexity index is 591. The lowest BCUT2D eigenvalue weighted by molar-refractivity contribution is -0.140. The SMILES string of the molecule is CC1(C(F)F)C(C(=O)O)C1C(=O)c1ccc(Cl)c(Cl)c1. The van der Waals surface area contributed by atoms with Gasteiger partial charge in [0.15, 0.2) is 5.78 Å². The smallest absolute Gasteiger partial charge is 0.308 e. The zero-order valence-corrected chi connectivity index (χ0v) is 11.8. The second-order valence-electron chi connectivity index (χ2n) is 4.95. The average molecular weight is 323 g/mol. The summed E-state index contributed by atoms with van der Waals surface area (Å²) in [6.07, 6.45) is -2.89. The first-order valence-corrected chi connectivity index (χ1v) is 6.47. The van der Waals surface area contributed by atoms with Crippen LogP contribution in [0.3, 0.4) is 0 Å². The van der Waals surface area contributed by atoms with Gasteiger partial charge in [0.25, 0.3) is 0 Å². The minimum atomic E-state index is -2.89. The van der Waals surface area contributed by atoms with E-state index in [1.54, 1.807) is 0 Å². The standard InChI is InChI=1S/C13H10Cl2F2O3/c1-13(12(16)17)8(9(13)11(19)20)10(18)5-2-3-6(14)7(15)4-5/h2-4,8-9,12H,1H3,(H,19,20). The molecule has 1 N–H and O–H groups in total. The van der Waals surface area contributed by atoms with Crippen LogP contribution in [0.25, 0.3) is 0 Å². The Labute approximate surface area is 123 Å². The first kappa shape index (κ1) is 15.2. The number of ketones is 1. The molecule has 0 saturated heterocycles. The number of carbonyl (C=O) groups excluding carboxylic acids is 1. The first-order valence-electron chi connectivity index (χ1n) is 5.71. The van der Waals surface area contributed by atoms with Crippen molar-refractivity contribution in [1.82, 2.24) is 0 Å². The summed E-state index contributed by atoms with van der Waals surface area (Å²) >= 11 is 11.5. The van der Waals surface area contributed by atoms with Crippen molar-refractivity contribution in [3.8, 4) is 0 Å². The molecule has 2 rings (SSSR count). The third kappa shape index (κ3) is 2.19. The van der Waals surface area contributed by atoms with Gasteiger partial charge in [-0.1, -0.05) is 30.1 Å². The zero-order chi connectivity index (χ0) is 15.2. The topological polar surface area (TPSA) is 54.4 Å². The minimum Gasteiger partial charge on any atom is -0.481 e. The Kier molecular flexibility index (Phi) is 3.77. The first-order chi connectivity index (χ1) is 9.21. The molecule has 20 heavy (non-hydrogen) atoms. The van der Waals surface area contributed by atoms with Crippen LogP contribution < -0.4 is 0 Å². The van der Waals surface area contributed by atoms with Gasteiger partial charge < -0.3 is 5.11 Å². The highest BCUT2D eigenvalue weighted by Crippen LogP contribution is 2.63. The van der Waals surface area contributed by atoms with Crippen molar-refractivity contribution in [3.05, 3.63) is 33.8 Å². The molecule has 0 amide bonds. The van der Waals surface area contributed by atoms with Crippen LogP contribution in [-0.2, 0) is 4.79 Å². The minimum absolute atomic E-state index is 0.0834. The normalized spacial score (nSPS) is 28.5. The fraction of sp³-hybridized carbons (Fsp3) is 0.385. The highest BCUT2D eigenvalue weighted by Gasteiger charge is 2.73. The Balaban J connectivity index is 2.34. The summed E-state index contributed by atoms with van der Waals surface area (Å²) in [7, 11) is 0. The number of alkyl halides is 2. The summed E-state index contributed by atoms with van der Waals surface area (Å²) in [6, 6.07) is 3.98. The molecule has 3 nitrogen and oxygen atoms in total. The van der Waals surface area contributed by atoms with E-state index in [2.05, 4.69) is 0 Å². The molecule has 0 aliphatic heterocycles. The number of hydrogen-bond donors (Lipinski definition) is 1. The lowest BCUT2D eigenvalue weighted by Gasteiger charge is -2.09. The van der Waals surface area contributed by atoms with Crippen molar-refractivity contribution in [3.63, 3.8) is 0 Å². The lowest BCUT2D eigenvalue weighted by atomic mass is 10.0. The van der Waals surface area contributed by atoms with Gasteiger partial charge in [0.05, 0.1) is 21.4 Å². The predicted octanol–water partition coefficient (Wildman–Crippen LogP) is 3.78. The van der Waals surface area contributed by atoms with Crippen LogP contribution in [0.15, 0.2) is 18.2 Å². The number of hydrogen-bond acceptors (Lipinski definition) is 2. The van der Waals surface area contributed by atoms with Crippen LogP contribution in [0.1, 0.15) is 17.3 Å². The largest absolute Gasteiger partial charge is 0.481 e. The molecule has 0 heterocycles. The van der Waals surface area contributed by atoms with E-state index in [1.165, 1.54) is 18.2 Å². The van der Waals surface area contributed by atoms with E-state index in [0.717, 1.165) is 6.92 Å². The summed E-state index contributed by atoms with van der Waals surface area (Å²) in [5.74, 6) is -4.69. The van der Waals surface area contributed by atoms with Gasteiger partial charge in [0.2, 0.25) is 6.43 Å². The van der Waals surface area contributed by atoms with E-state index >= 15 is 0 Å². The van der Waals surface area contributed by atoms with E-state index in [0.29, 0.717) is 0 Å². The lowest BCUT2D eigenvalue weighted by Crippen LogP contribution is -2.17. The maximum absolute atomic E-state index is 13.0. The second-order valence-corrected chi connectivity index (χ2v) is 5.77. The van der Waals surface area contributed by atoms with E-state index in [9.17, 15) is 18.4 Å². The molecular weight excluding hydrogens is 313 g/mol. The Morgan fingerprint density at radius 1 is 1.25 bits per heavy atom. The number of carbonyl (C=O) groups is 2. The highest BCUT2D eigenvalue weighted by atomic mass is 35.5. The monoisotopic (exact) mass is 322 g/mol. The number of halogens is 4. The number of carboxylic acid groups (broad SMARTS) is 1. The van der Waals surface area contributed by atoms with Gasteiger partial charge in [-0.2, -0.15) is 0 Å². The Morgan fingerprint density at radius 3 is 2.25 bits per heavy atom. The molecule has 1 aliphatic rings. The molecule has 7 heteroatoms. The van der Waals surface area contributed by atoms with Crippen molar-refractivity contribution in [1.29, 1.82) is 0 Å². The van der Waals surface area contributed by atoms with Gasteiger partial charge in [0, 0.05) is 11.5 Å². The average Bonchev–Trinajstić information content (AvgIpc) is 3.00. The number of aliphatic carboxylic acids is 1. The van der Waals surface area contributed by atoms with Gasteiger partial charge >= 0.3 is 5.97 Å². The van der Waals surface area contributed by atoms with Gasteiger partial charge in [-0.15, -0.1) is 0 Å². The van der Waals surface area contributed by atoms with Gasteiger partial charge in [-0.3, -0.25) is 9.59 Å². The Hall–Kier alpha value is -1.20. The third-order valence-electron chi connectivity index (χ3n) is 3.79. The van der Waals surface area contributed by atoms with E-state index < -0.39 is 35.4 Å². The van der Waals surface area contributed by atoms with Crippen LogP contribution in [0, 0.1) is 17.3 Å². The molecule has 3 unspecified atom stereocenters. The fourth-order valence-electron chi connectivity index (χ4n) is 2.48. The summed E-state index contributed by atoms with van der Waals surface area (Å²) in [4.78, 5) is 23.2. The molecule has 0 spiro atoms. The van der Waals surface area contributed by atoms with Crippen LogP contribution in [-0.4, -0.2) is 23.3 Å². The highest BCUT2D eigenvalue weighted by molar-refractivity contribution is 6.42. The third-order valence-corrected chi connectivity index (χ3v) is 4.53. The van der Waals surface area contributed by atoms with Gasteiger partial charge in [-0.05, 0) is 18.2 Å². The molecule has 0 radical (unpaired) electrons. The molecule has 0 bridgehead atoms. The molecule has 108 valence electrons. The molecule has 1 aromatic rings. The number of benzene rings is 1. The van der Waals surface area contributed by atoms with Crippen LogP contribution in [0.4, 0.5) is 8.78 Å². The molecule has 3 atom stereocenters. The molecular formula is C13H10Cl2F2O3. The van der Waals surface area contributed by atoms with Gasteiger partial charge in [0.1, 0.15) is 0 Å². The van der Waals surface area contributed by atoms with E-state index in [4.69, 9.17) is 28.3 Å². The second kappa shape index (κ2) is 4.97. The summed E-state index contributed by atoms with van der Waals surface area (Å²) in [5, 5.41) is 9.31. The van der Waals surface area contributed by atoms with E-state index in [-0.39, 0.29) is 15.6 Å². The van der Waals surface area contributed by atoms with Crippen LogP contribution >= 0.6 is 23.2 Å². The number of rotatable bonds is 4. The number of carboxylic acids is 1. The summed E-state index contributed by atoms with van der Waals surface area (Å²) in [6.45, 7) is 1.11. The van der Waals surface area contributed by atoms with Crippen molar-refractivity contribution < 1.29 is 23.5 Å². The van der Waals surface area contributed by atoms with Crippen LogP contribution in [0.2, 0.25) is 10.0 Å². The van der Waals surface area contributed by atoms with Crippen molar-refractivity contribution in [2.75, 3.05) is 0 Å². The maximum Gasteiger partial charge on any atom is 0.308 e. The molecule has 1 fully saturated rings. The van der Waals surface area contributed by atoms with Crippen molar-refractivity contribution in [2.24, 2.45) is 17.3 Å². The Morgan fingerprint density at radius 2 is 1.85 bits per heavy atom. The number of Topliss-reactive ketones (excluding diaryl/α,β-unsaturated/α-hetero) is 1. The van der Waals surface area contributed by atoms with E-state index in [1.807, 2.05) is 0 Å². The van der Waals surface area contributed by atoms with Gasteiger partial charge in [-0.25, -0.2) is 8.78 Å². The van der Waals surface area contributed by atoms with Crippen molar-refractivity contribution in [2.45, 2.75) is 13.3 Å². The molecule has 0 aromatic heterocycles. The quantitative estimate of drug-likeness (QED) is 0.858. The maximum atomic E-state index is 13.0. The fourth-order valence-corrected chi connectivity index (χ4v) is 2.77. The zero-order valence-electron chi connectivity index (χ0n) is 10.2. The van der Waals surface area contributed by atoms with Crippen molar-refractivity contribution >= 4 is 35.0 Å². The molecule has 1 aliphatic carbocycles.